The molecule has 1 atom stereocenters. The molecule has 1 aromatic heterocycles. The number of hydroxylamine groups is 1. The summed E-state index contributed by atoms with van der Waals surface area (Å²) >= 11 is 0. The van der Waals surface area contributed by atoms with Crippen molar-refractivity contribution in [3.8, 4) is 11.8 Å². The highest BCUT2D eigenvalue weighted by molar-refractivity contribution is 7.92. The van der Waals surface area contributed by atoms with Gasteiger partial charge < -0.3 is 4.52 Å². The predicted octanol–water partition coefficient (Wildman–Crippen LogP) is 1.96. The Morgan fingerprint density at radius 1 is 1.59 bits per heavy atom. The number of sulfone groups is 1. The van der Waals surface area contributed by atoms with Gasteiger partial charge in [0.15, 0.2) is 9.84 Å². The number of carbonyl (C=O) groups excluding carboxylic acids is 1. The molecule has 1 heterocycles. The molecule has 1 aromatic rings. The van der Waals surface area contributed by atoms with Crippen LogP contribution in [0.2, 0.25) is 0 Å². The Morgan fingerprint density at radius 2 is 2.22 bits per heavy atom. The van der Waals surface area contributed by atoms with Crippen molar-refractivity contribution in [1.82, 2.24) is 10.6 Å². The fourth-order valence-electron chi connectivity index (χ4n) is 2.79. The third kappa shape index (κ3) is 4.39. The smallest absolute Gasteiger partial charge is 0.264 e. The molecule has 1 aliphatic carbocycles. The van der Waals surface area contributed by atoms with E-state index in [1.54, 1.807) is 13.0 Å². The van der Waals surface area contributed by atoms with E-state index < -0.39 is 26.2 Å². The first kappa shape index (κ1) is 21.1. The lowest BCUT2D eigenvalue weighted by molar-refractivity contribution is -0.131. The van der Waals surface area contributed by atoms with E-state index >= 15 is 0 Å². The van der Waals surface area contributed by atoms with Crippen LogP contribution in [0.5, 0.6) is 0 Å². The summed E-state index contributed by atoms with van der Waals surface area (Å²) in [5.74, 6) is 4.91. The number of nitrogens with zero attached hydrogens (tertiary/aromatic N) is 1. The summed E-state index contributed by atoms with van der Waals surface area (Å²) in [6.07, 6.45) is 1.58. The van der Waals surface area contributed by atoms with Gasteiger partial charge in [-0.05, 0) is 51.0 Å². The lowest BCUT2D eigenvalue weighted by atomic mass is 9.69. The minimum Gasteiger partial charge on any atom is -0.347 e. The summed E-state index contributed by atoms with van der Waals surface area (Å²) in [6, 6.07) is 1.55. The molecule has 2 rings (SSSR count). The Morgan fingerprint density at radius 3 is 2.74 bits per heavy atom. The molecule has 148 valence electrons. The first-order chi connectivity index (χ1) is 12.4. The van der Waals surface area contributed by atoms with Gasteiger partial charge >= 0.3 is 0 Å². The molecule has 0 aliphatic heterocycles. The summed E-state index contributed by atoms with van der Waals surface area (Å²) in [6.45, 7) is 6.53. The third-order valence-electron chi connectivity index (χ3n) is 5.12. The van der Waals surface area contributed by atoms with Crippen molar-refractivity contribution in [3.63, 3.8) is 0 Å². The SMILES string of the molecule is C=C(C)C1(F)CC(C#Cc2cc(CCC(C)(C(=O)NO)S(C)(=O)=O)no2)C1. The predicted molar refractivity (Wildman–Crippen MR) is 96.3 cm³/mol. The summed E-state index contributed by atoms with van der Waals surface area (Å²) in [5.41, 5.74) is 0.984. The Hall–Kier alpha value is -2.18. The van der Waals surface area contributed by atoms with Gasteiger partial charge in [0, 0.05) is 18.2 Å². The third-order valence-corrected chi connectivity index (χ3v) is 7.15. The van der Waals surface area contributed by atoms with Crippen LogP contribution in [-0.4, -0.2) is 41.4 Å². The lowest BCUT2D eigenvalue weighted by Gasteiger charge is -2.39. The summed E-state index contributed by atoms with van der Waals surface area (Å²) in [5, 5.41) is 12.6. The molecule has 0 bridgehead atoms. The second-order valence-electron chi connectivity index (χ2n) is 7.25. The highest BCUT2D eigenvalue weighted by atomic mass is 32.2. The van der Waals surface area contributed by atoms with Crippen molar-refractivity contribution in [1.29, 1.82) is 0 Å². The van der Waals surface area contributed by atoms with E-state index in [9.17, 15) is 17.6 Å². The average molecular weight is 398 g/mol. The Kier molecular flexibility index (Phi) is 5.82. The molecule has 1 aliphatic rings. The minimum absolute atomic E-state index is 0.0815. The molecule has 0 spiro atoms. The molecule has 27 heavy (non-hydrogen) atoms. The molecule has 9 heteroatoms. The zero-order valence-corrected chi connectivity index (χ0v) is 16.3. The molecular formula is C18H23FN2O5S. The van der Waals surface area contributed by atoms with E-state index in [1.165, 1.54) is 12.4 Å². The van der Waals surface area contributed by atoms with Crippen molar-refractivity contribution in [2.45, 2.75) is 49.9 Å². The number of halogens is 1. The van der Waals surface area contributed by atoms with Crippen LogP contribution in [0.4, 0.5) is 4.39 Å². The van der Waals surface area contributed by atoms with Crippen molar-refractivity contribution >= 4 is 15.7 Å². The number of rotatable bonds is 6. The molecule has 0 saturated heterocycles. The number of hydrogen-bond donors (Lipinski definition) is 2. The zero-order chi connectivity index (χ0) is 20.5. The zero-order valence-electron chi connectivity index (χ0n) is 15.5. The summed E-state index contributed by atoms with van der Waals surface area (Å²) in [4.78, 5) is 11.8. The van der Waals surface area contributed by atoms with Gasteiger partial charge in [-0.3, -0.25) is 10.0 Å². The maximum absolute atomic E-state index is 14.1. The highest BCUT2D eigenvalue weighted by Gasteiger charge is 2.45. The van der Waals surface area contributed by atoms with Crippen molar-refractivity contribution in [2.24, 2.45) is 5.92 Å². The van der Waals surface area contributed by atoms with E-state index in [4.69, 9.17) is 9.73 Å². The van der Waals surface area contributed by atoms with Gasteiger partial charge in [-0.15, -0.1) is 0 Å². The van der Waals surface area contributed by atoms with E-state index in [2.05, 4.69) is 23.6 Å². The number of aromatic nitrogens is 1. The first-order valence-electron chi connectivity index (χ1n) is 8.37. The lowest BCUT2D eigenvalue weighted by Crippen LogP contribution is -2.49. The first-order valence-corrected chi connectivity index (χ1v) is 10.3. The fraction of sp³-hybridized carbons (Fsp3) is 0.556. The molecule has 1 saturated carbocycles. The number of amides is 1. The maximum atomic E-state index is 14.1. The van der Waals surface area contributed by atoms with Crippen molar-refractivity contribution in [3.05, 3.63) is 29.7 Å². The molecular weight excluding hydrogens is 375 g/mol. The van der Waals surface area contributed by atoms with Crippen LogP contribution in [0.3, 0.4) is 0 Å². The van der Waals surface area contributed by atoms with Gasteiger partial charge in [-0.1, -0.05) is 17.7 Å². The van der Waals surface area contributed by atoms with Crippen LogP contribution >= 0.6 is 0 Å². The van der Waals surface area contributed by atoms with Gasteiger partial charge in [-0.2, -0.15) is 0 Å². The largest absolute Gasteiger partial charge is 0.347 e. The molecule has 0 aromatic carbocycles. The van der Waals surface area contributed by atoms with E-state index in [1.807, 2.05) is 0 Å². The van der Waals surface area contributed by atoms with Gasteiger partial charge in [-0.25, -0.2) is 18.3 Å². The van der Waals surface area contributed by atoms with Gasteiger partial charge in [0.05, 0.1) is 5.69 Å². The quantitative estimate of drug-likeness (QED) is 0.328. The number of aryl methyl sites for hydroxylation is 1. The minimum atomic E-state index is -3.78. The van der Waals surface area contributed by atoms with Crippen LogP contribution in [0, 0.1) is 17.8 Å². The standard InChI is InChI=1S/C18H23FN2O5S/c1-12(2)18(19)10-13(11-18)5-6-15-9-14(21-26-15)7-8-17(3,16(22)20-23)27(4,24)25/h9,13,23H,1,7-8,10-11H2,2-4H3,(H,20,22). The Labute approximate surface area is 157 Å². The summed E-state index contributed by atoms with van der Waals surface area (Å²) < 4.78 is 41.2. The van der Waals surface area contributed by atoms with Crippen molar-refractivity contribution in [2.75, 3.05) is 6.26 Å². The topological polar surface area (TPSA) is 110 Å². The molecule has 1 fully saturated rings. The number of nitrogens with one attached hydrogen (secondary N) is 1. The monoisotopic (exact) mass is 398 g/mol. The molecule has 2 N–H and O–H groups in total. The van der Waals surface area contributed by atoms with Crippen LogP contribution in [0.15, 0.2) is 22.7 Å². The highest BCUT2D eigenvalue weighted by Crippen LogP contribution is 2.45. The number of carbonyl (C=O) groups is 1. The normalized spacial score (nSPS) is 24.1. The molecule has 1 amide bonds. The van der Waals surface area contributed by atoms with Gasteiger partial charge in [0.1, 0.15) is 10.4 Å². The average Bonchev–Trinajstić information content (AvgIpc) is 3.01. The number of alkyl halides is 1. The Bertz CT molecular complexity index is 906. The van der Waals surface area contributed by atoms with Crippen LogP contribution in [0.1, 0.15) is 44.6 Å². The van der Waals surface area contributed by atoms with Crippen LogP contribution in [0.25, 0.3) is 0 Å². The van der Waals surface area contributed by atoms with Crippen molar-refractivity contribution < 1.29 is 27.3 Å². The van der Waals surface area contributed by atoms with Gasteiger partial charge in [0.25, 0.3) is 5.91 Å². The van der Waals surface area contributed by atoms with E-state index in [0.29, 0.717) is 24.1 Å². The second-order valence-corrected chi connectivity index (χ2v) is 9.69. The van der Waals surface area contributed by atoms with Crippen LogP contribution in [-0.2, 0) is 21.1 Å². The second kappa shape index (κ2) is 7.44. The summed E-state index contributed by atoms with van der Waals surface area (Å²) in [7, 11) is -3.78. The number of hydrogen-bond acceptors (Lipinski definition) is 6. The fourth-order valence-corrected chi connectivity index (χ4v) is 3.64. The Balaban J connectivity index is 2.00. The van der Waals surface area contributed by atoms with E-state index in [-0.39, 0.29) is 24.5 Å². The van der Waals surface area contributed by atoms with Crippen LogP contribution < -0.4 is 5.48 Å². The molecule has 0 radical (unpaired) electrons. The van der Waals surface area contributed by atoms with E-state index in [0.717, 1.165) is 6.26 Å². The number of allylic oxidation sites excluding steroid dienone is 1. The van der Waals surface area contributed by atoms with Gasteiger partial charge in [0.2, 0.25) is 5.76 Å². The maximum Gasteiger partial charge on any atom is 0.264 e. The molecule has 7 nitrogen and oxygen atoms in total. The molecule has 1 unspecified atom stereocenters.